The number of pyridine rings is 1. The molecule has 4 aromatic rings. The number of hydrogen-bond acceptors (Lipinski definition) is 7. The molecule has 2 N–H and O–H groups in total. The fourth-order valence-corrected chi connectivity index (χ4v) is 3.63. The number of ether oxygens (including phenoxy) is 3. The molecule has 0 fully saturated rings. The van der Waals surface area contributed by atoms with Gasteiger partial charge >= 0.3 is 0 Å². The molecule has 2 heterocycles. The highest BCUT2D eigenvalue weighted by atomic mass is 16.5. The van der Waals surface area contributed by atoms with Crippen LogP contribution in [-0.4, -0.2) is 50.5 Å². The summed E-state index contributed by atoms with van der Waals surface area (Å²) in [5, 5.41) is 11.6. The van der Waals surface area contributed by atoms with Gasteiger partial charge in [0.05, 0.1) is 27.9 Å². The van der Waals surface area contributed by atoms with Gasteiger partial charge in [-0.15, -0.1) is 0 Å². The molecular formula is C25H24N2O6. The van der Waals surface area contributed by atoms with Crippen molar-refractivity contribution < 1.29 is 28.5 Å². The molecule has 0 unspecified atom stereocenters. The summed E-state index contributed by atoms with van der Waals surface area (Å²) >= 11 is 0. The first kappa shape index (κ1) is 22.2. The van der Waals surface area contributed by atoms with Gasteiger partial charge in [-0.2, -0.15) is 0 Å². The zero-order chi connectivity index (χ0) is 23.4. The molecule has 0 aliphatic carbocycles. The average Bonchev–Trinajstić information content (AvgIpc) is 3.31. The van der Waals surface area contributed by atoms with E-state index >= 15 is 0 Å². The van der Waals surface area contributed by atoms with Gasteiger partial charge in [0.15, 0.2) is 17.1 Å². The molecule has 2 aromatic heterocycles. The van der Waals surface area contributed by atoms with Gasteiger partial charge in [-0.3, -0.25) is 9.78 Å². The van der Waals surface area contributed by atoms with Gasteiger partial charge in [0.25, 0.3) is 5.91 Å². The Bertz CT molecular complexity index is 1270. The predicted octanol–water partition coefficient (Wildman–Crippen LogP) is 3.91. The van der Waals surface area contributed by atoms with E-state index in [0.717, 1.165) is 16.7 Å². The number of rotatable bonds is 8. The summed E-state index contributed by atoms with van der Waals surface area (Å²) in [7, 11) is 4.67. The predicted molar refractivity (Wildman–Crippen MR) is 124 cm³/mol. The molecule has 0 radical (unpaired) electrons. The number of furan rings is 1. The summed E-state index contributed by atoms with van der Waals surface area (Å²) in [6.07, 6.45) is 1.70. The Hall–Kier alpha value is -4.04. The third-order valence-corrected chi connectivity index (χ3v) is 5.19. The maximum absolute atomic E-state index is 12.3. The lowest BCUT2D eigenvalue weighted by Gasteiger charge is -2.13. The first-order valence-corrected chi connectivity index (χ1v) is 10.3. The van der Waals surface area contributed by atoms with Crippen LogP contribution >= 0.6 is 0 Å². The Kier molecular flexibility index (Phi) is 6.46. The normalized spacial score (nSPS) is 10.8. The monoisotopic (exact) mass is 448 g/mol. The van der Waals surface area contributed by atoms with Crippen LogP contribution < -0.4 is 19.5 Å². The van der Waals surface area contributed by atoms with E-state index < -0.39 is 0 Å². The third kappa shape index (κ3) is 4.33. The molecule has 8 heteroatoms. The van der Waals surface area contributed by atoms with Gasteiger partial charge < -0.3 is 29.1 Å². The van der Waals surface area contributed by atoms with Crippen LogP contribution in [0, 0.1) is 0 Å². The molecular weight excluding hydrogens is 424 g/mol. The van der Waals surface area contributed by atoms with Crippen molar-refractivity contribution in [2.24, 2.45) is 0 Å². The Morgan fingerprint density at radius 3 is 2.42 bits per heavy atom. The summed E-state index contributed by atoms with van der Waals surface area (Å²) in [6.45, 7) is 0.0748. The Morgan fingerprint density at radius 2 is 1.76 bits per heavy atom. The minimum absolute atomic E-state index is 0.119. The maximum Gasteiger partial charge on any atom is 0.251 e. The molecule has 0 aliphatic heterocycles. The number of aromatic nitrogens is 1. The van der Waals surface area contributed by atoms with E-state index in [9.17, 15) is 4.79 Å². The van der Waals surface area contributed by atoms with Crippen molar-refractivity contribution in [1.82, 2.24) is 10.3 Å². The lowest BCUT2D eigenvalue weighted by molar-refractivity contribution is 0.0945. The van der Waals surface area contributed by atoms with E-state index in [-0.39, 0.29) is 19.1 Å². The topological polar surface area (TPSA) is 103 Å². The molecule has 33 heavy (non-hydrogen) atoms. The summed E-state index contributed by atoms with van der Waals surface area (Å²) in [5.41, 5.74) is 4.11. The number of fused-ring (bicyclic) bond motifs is 1. The van der Waals surface area contributed by atoms with E-state index in [1.165, 1.54) is 0 Å². The quantitative estimate of drug-likeness (QED) is 0.421. The zero-order valence-corrected chi connectivity index (χ0v) is 18.5. The van der Waals surface area contributed by atoms with Crippen molar-refractivity contribution in [2.75, 3.05) is 34.5 Å². The largest absolute Gasteiger partial charge is 0.493 e. The minimum Gasteiger partial charge on any atom is -0.493 e. The number of hydrogen-bond donors (Lipinski definition) is 2. The molecule has 170 valence electrons. The van der Waals surface area contributed by atoms with E-state index in [0.29, 0.717) is 39.7 Å². The van der Waals surface area contributed by atoms with Crippen molar-refractivity contribution >= 4 is 17.0 Å². The highest BCUT2D eigenvalue weighted by molar-refractivity contribution is 5.98. The summed E-state index contributed by atoms with van der Waals surface area (Å²) in [4.78, 5) is 16.8. The zero-order valence-electron chi connectivity index (χ0n) is 18.5. The molecule has 0 bridgehead atoms. The summed E-state index contributed by atoms with van der Waals surface area (Å²) < 4.78 is 22.5. The number of methoxy groups -OCH3 is 3. The molecule has 1 amide bonds. The number of benzene rings is 2. The second-order valence-corrected chi connectivity index (χ2v) is 7.16. The maximum atomic E-state index is 12.3. The van der Waals surface area contributed by atoms with Gasteiger partial charge in [0.2, 0.25) is 5.75 Å². The van der Waals surface area contributed by atoms with Crippen LogP contribution in [0.4, 0.5) is 0 Å². The van der Waals surface area contributed by atoms with Crippen LogP contribution in [0.3, 0.4) is 0 Å². The lowest BCUT2D eigenvalue weighted by Crippen LogP contribution is -2.26. The number of carbonyl (C=O) groups excluding carboxylic acids is 1. The molecule has 0 aliphatic rings. The van der Waals surface area contributed by atoms with E-state index in [1.54, 1.807) is 45.7 Å². The molecule has 0 atom stereocenters. The fourth-order valence-electron chi connectivity index (χ4n) is 3.63. The Morgan fingerprint density at radius 1 is 1.00 bits per heavy atom. The molecule has 0 saturated carbocycles. The van der Waals surface area contributed by atoms with Gasteiger partial charge in [0.1, 0.15) is 11.3 Å². The number of carbonyl (C=O) groups is 1. The van der Waals surface area contributed by atoms with Crippen LogP contribution in [0.2, 0.25) is 0 Å². The van der Waals surface area contributed by atoms with Gasteiger partial charge in [-0.05, 0) is 35.9 Å². The van der Waals surface area contributed by atoms with Crippen molar-refractivity contribution in [3.05, 3.63) is 60.3 Å². The third-order valence-electron chi connectivity index (χ3n) is 5.19. The second-order valence-electron chi connectivity index (χ2n) is 7.16. The van der Waals surface area contributed by atoms with Crippen LogP contribution in [0.15, 0.2) is 59.1 Å². The molecule has 4 rings (SSSR count). The Labute approximate surface area is 190 Å². The summed E-state index contributed by atoms with van der Waals surface area (Å²) in [5.74, 6) is 1.86. The van der Waals surface area contributed by atoms with Crippen molar-refractivity contribution in [2.45, 2.75) is 0 Å². The lowest BCUT2D eigenvalue weighted by atomic mass is 10.0. The number of nitrogens with one attached hydrogen (secondary N) is 1. The molecule has 0 saturated heterocycles. The highest BCUT2D eigenvalue weighted by Crippen LogP contribution is 2.42. The minimum atomic E-state index is -0.256. The summed E-state index contributed by atoms with van der Waals surface area (Å²) in [6, 6.07) is 14.5. The van der Waals surface area contributed by atoms with E-state index in [4.69, 9.17) is 23.7 Å². The van der Waals surface area contributed by atoms with Crippen LogP contribution in [0.5, 0.6) is 17.2 Å². The van der Waals surface area contributed by atoms with Crippen molar-refractivity contribution in [3.8, 4) is 39.7 Å². The number of aliphatic hydroxyl groups excluding tert-OH is 1. The number of aliphatic hydroxyl groups is 1. The Balaban J connectivity index is 1.79. The molecule has 0 spiro atoms. The SMILES string of the molecule is COc1cc(-c2cc3nccc(-c4cccc(C(=O)NCCO)c4)c3o2)cc(OC)c1OC. The van der Waals surface area contributed by atoms with Gasteiger partial charge in [-0.1, -0.05) is 12.1 Å². The first-order chi connectivity index (χ1) is 16.1. The number of nitrogens with zero attached hydrogens (tertiary/aromatic N) is 1. The van der Waals surface area contributed by atoms with Crippen molar-refractivity contribution in [3.63, 3.8) is 0 Å². The number of amides is 1. The highest BCUT2D eigenvalue weighted by Gasteiger charge is 2.18. The van der Waals surface area contributed by atoms with Crippen LogP contribution in [0.1, 0.15) is 10.4 Å². The average molecular weight is 448 g/mol. The van der Waals surface area contributed by atoms with Gasteiger partial charge in [-0.25, -0.2) is 0 Å². The fraction of sp³-hybridized carbons (Fsp3) is 0.200. The van der Waals surface area contributed by atoms with Gasteiger partial charge in [0, 0.05) is 35.5 Å². The standard InChI is InChI=1S/C25H24N2O6/c1-30-21-12-17(13-22(31-2)24(21)32-3)20-14-19-23(33-20)18(7-8-26-19)15-5-4-6-16(11-15)25(29)27-9-10-28/h4-8,11-14,28H,9-10H2,1-3H3,(H,27,29). The smallest absolute Gasteiger partial charge is 0.251 e. The van der Waals surface area contributed by atoms with Crippen molar-refractivity contribution in [1.29, 1.82) is 0 Å². The molecule has 8 nitrogen and oxygen atoms in total. The second kappa shape index (κ2) is 9.62. The van der Waals surface area contributed by atoms with E-state index in [2.05, 4.69) is 10.3 Å². The van der Waals surface area contributed by atoms with Crippen LogP contribution in [0.25, 0.3) is 33.6 Å². The first-order valence-electron chi connectivity index (χ1n) is 10.3. The van der Waals surface area contributed by atoms with E-state index in [1.807, 2.05) is 30.3 Å². The van der Waals surface area contributed by atoms with Crippen LogP contribution in [-0.2, 0) is 0 Å². The molecule has 2 aromatic carbocycles.